The van der Waals surface area contributed by atoms with E-state index in [1.807, 2.05) is 31.2 Å². The smallest absolute Gasteiger partial charge is 0.303 e. The van der Waals surface area contributed by atoms with Crippen LogP contribution in [0.2, 0.25) is 0 Å². The number of nitrogens with one attached hydrogen (secondary N) is 1. The van der Waals surface area contributed by atoms with Crippen molar-refractivity contribution in [1.82, 2.24) is 0 Å². The maximum atomic E-state index is 11.6. The molecular formula is C15H19NO3. The average Bonchev–Trinajstić information content (AvgIpc) is 3.12. The van der Waals surface area contributed by atoms with Gasteiger partial charge in [-0.2, -0.15) is 0 Å². The second kappa shape index (κ2) is 5.87. The van der Waals surface area contributed by atoms with Gasteiger partial charge in [-0.1, -0.05) is 19.1 Å². The molecule has 4 nitrogen and oxygen atoms in total. The fraction of sp³-hybridized carbons (Fsp3) is 0.467. The summed E-state index contributed by atoms with van der Waals surface area (Å²) in [6.07, 6.45) is 3.06. The highest BCUT2D eigenvalue weighted by atomic mass is 16.4. The fourth-order valence-corrected chi connectivity index (χ4v) is 2.07. The first kappa shape index (κ1) is 13.6. The number of carboxylic acid groups (broad SMARTS) is 1. The number of hydrogen-bond acceptors (Lipinski definition) is 2. The Morgan fingerprint density at radius 2 is 1.95 bits per heavy atom. The van der Waals surface area contributed by atoms with Crippen LogP contribution in [-0.4, -0.2) is 17.0 Å². The van der Waals surface area contributed by atoms with E-state index in [0.717, 1.165) is 11.3 Å². The highest BCUT2D eigenvalue weighted by molar-refractivity contribution is 5.91. The first-order valence-corrected chi connectivity index (χ1v) is 6.66. The van der Waals surface area contributed by atoms with Crippen molar-refractivity contribution >= 4 is 17.6 Å². The van der Waals surface area contributed by atoms with Gasteiger partial charge < -0.3 is 10.4 Å². The van der Waals surface area contributed by atoms with Crippen LogP contribution in [0.1, 0.15) is 44.1 Å². The highest BCUT2D eigenvalue weighted by Crippen LogP contribution is 2.32. The molecule has 0 spiro atoms. The number of carbonyl (C=O) groups excluding carboxylic acids is 1. The van der Waals surface area contributed by atoms with Gasteiger partial charge in [0, 0.05) is 12.1 Å². The Kier molecular flexibility index (Phi) is 4.20. The molecule has 1 aromatic rings. The molecule has 0 bridgehead atoms. The molecule has 0 aromatic heterocycles. The van der Waals surface area contributed by atoms with E-state index < -0.39 is 5.97 Å². The number of anilines is 1. The van der Waals surface area contributed by atoms with Crippen LogP contribution in [0, 0.1) is 5.92 Å². The van der Waals surface area contributed by atoms with Crippen molar-refractivity contribution in [1.29, 1.82) is 0 Å². The number of carbonyl (C=O) groups is 2. The first-order valence-electron chi connectivity index (χ1n) is 6.66. The fourth-order valence-electron chi connectivity index (χ4n) is 2.07. The molecule has 4 heteroatoms. The SMILES string of the molecule is CC(CC(=O)O)c1ccc(NC(=O)CC2CC2)cc1. The summed E-state index contributed by atoms with van der Waals surface area (Å²) in [6.45, 7) is 1.88. The molecule has 1 unspecified atom stereocenters. The Bertz CT molecular complexity index is 463. The predicted octanol–water partition coefficient (Wildman–Crippen LogP) is 3.00. The van der Waals surface area contributed by atoms with Crippen LogP contribution < -0.4 is 5.32 Å². The molecule has 0 radical (unpaired) electrons. The van der Waals surface area contributed by atoms with Crippen molar-refractivity contribution in [3.8, 4) is 0 Å². The summed E-state index contributed by atoms with van der Waals surface area (Å²) in [4.78, 5) is 22.3. The molecule has 0 saturated heterocycles. The Hall–Kier alpha value is -1.84. The lowest BCUT2D eigenvalue weighted by atomic mass is 9.98. The predicted molar refractivity (Wildman–Crippen MR) is 73.1 cm³/mol. The molecule has 1 fully saturated rings. The number of benzene rings is 1. The second-order valence-electron chi connectivity index (χ2n) is 5.32. The summed E-state index contributed by atoms with van der Waals surface area (Å²) in [5, 5.41) is 11.6. The molecular weight excluding hydrogens is 242 g/mol. The molecule has 1 aliphatic carbocycles. The molecule has 2 N–H and O–H groups in total. The summed E-state index contributed by atoms with van der Waals surface area (Å²) in [5.74, 6) is -0.174. The minimum absolute atomic E-state index is 0.0197. The molecule has 0 aliphatic heterocycles. The summed E-state index contributed by atoms with van der Waals surface area (Å²) in [5.41, 5.74) is 1.75. The average molecular weight is 261 g/mol. The van der Waals surface area contributed by atoms with Gasteiger partial charge in [-0.25, -0.2) is 0 Å². The third-order valence-corrected chi connectivity index (χ3v) is 3.42. The van der Waals surface area contributed by atoms with Crippen LogP contribution in [0.4, 0.5) is 5.69 Å². The van der Waals surface area contributed by atoms with E-state index in [0.29, 0.717) is 12.3 Å². The molecule has 1 amide bonds. The van der Waals surface area contributed by atoms with Crippen LogP contribution in [0.25, 0.3) is 0 Å². The van der Waals surface area contributed by atoms with E-state index in [4.69, 9.17) is 5.11 Å². The number of carboxylic acids is 1. The maximum Gasteiger partial charge on any atom is 0.303 e. The summed E-state index contributed by atoms with van der Waals surface area (Å²) >= 11 is 0. The maximum absolute atomic E-state index is 11.6. The van der Waals surface area contributed by atoms with E-state index in [1.165, 1.54) is 12.8 Å². The van der Waals surface area contributed by atoms with Crippen LogP contribution in [0.15, 0.2) is 24.3 Å². The molecule has 1 aliphatic rings. The normalized spacial score (nSPS) is 15.8. The molecule has 1 aromatic carbocycles. The second-order valence-corrected chi connectivity index (χ2v) is 5.32. The van der Waals surface area contributed by atoms with E-state index in [-0.39, 0.29) is 18.2 Å². The lowest BCUT2D eigenvalue weighted by Gasteiger charge is -2.10. The Labute approximate surface area is 112 Å². The van der Waals surface area contributed by atoms with Gasteiger partial charge in [0.1, 0.15) is 0 Å². The zero-order chi connectivity index (χ0) is 13.8. The number of hydrogen-bond donors (Lipinski definition) is 2. The highest BCUT2D eigenvalue weighted by Gasteiger charge is 2.24. The minimum atomic E-state index is -0.797. The quantitative estimate of drug-likeness (QED) is 0.827. The van der Waals surface area contributed by atoms with Crippen molar-refractivity contribution in [2.45, 2.75) is 38.5 Å². The van der Waals surface area contributed by atoms with Crippen molar-refractivity contribution in [3.63, 3.8) is 0 Å². The topological polar surface area (TPSA) is 66.4 Å². The lowest BCUT2D eigenvalue weighted by molar-refractivity contribution is -0.137. The molecule has 0 heterocycles. The Morgan fingerprint density at radius 3 is 2.47 bits per heavy atom. The van der Waals surface area contributed by atoms with Crippen molar-refractivity contribution in [2.75, 3.05) is 5.32 Å². The van der Waals surface area contributed by atoms with Gasteiger partial charge in [-0.3, -0.25) is 9.59 Å². The van der Waals surface area contributed by atoms with Gasteiger partial charge in [0.2, 0.25) is 5.91 Å². The number of amides is 1. The van der Waals surface area contributed by atoms with E-state index >= 15 is 0 Å². The monoisotopic (exact) mass is 261 g/mol. The number of rotatable bonds is 6. The van der Waals surface area contributed by atoms with E-state index in [1.54, 1.807) is 0 Å². The van der Waals surface area contributed by atoms with Gasteiger partial charge in [0.05, 0.1) is 6.42 Å². The van der Waals surface area contributed by atoms with Crippen LogP contribution in [-0.2, 0) is 9.59 Å². The zero-order valence-corrected chi connectivity index (χ0v) is 11.1. The molecule has 1 saturated carbocycles. The van der Waals surface area contributed by atoms with Gasteiger partial charge in [-0.15, -0.1) is 0 Å². The zero-order valence-electron chi connectivity index (χ0n) is 11.1. The lowest BCUT2D eigenvalue weighted by Crippen LogP contribution is -2.12. The first-order chi connectivity index (χ1) is 9.04. The van der Waals surface area contributed by atoms with Gasteiger partial charge in [-0.05, 0) is 42.4 Å². The third kappa shape index (κ3) is 4.39. The third-order valence-electron chi connectivity index (χ3n) is 3.42. The molecule has 19 heavy (non-hydrogen) atoms. The largest absolute Gasteiger partial charge is 0.481 e. The van der Waals surface area contributed by atoms with Gasteiger partial charge in [0.25, 0.3) is 0 Å². The van der Waals surface area contributed by atoms with Crippen molar-refractivity contribution in [2.24, 2.45) is 5.92 Å². The summed E-state index contributed by atoms with van der Waals surface area (Å²) < 4.78 is 0. The van der Waals surface area contributed by atoms with Crippen molar-refractivity contribution in [3.05, 3.63) is 29.8 Å². The van der Waals surface area contributed by atoms with Gasteiger partial charge >= 0.3 is 5.97 Å². The van der Waals surface area contributed by atoms with Crippen LogP contribution in [0.3, 0.4) is 0 Å². The molecule has 1 atom stereocenters. The summed E-state index contributed by atoms with van der Waals surface area (Å²) in [7, 11) is 0. The minimum Gasteiger partial charge on any atom is -0.481 e. The Morgan fingerprint density at radius 1 is 1.32 bits per heavy atom. The van der Waals surface area contributed by atoms with E-state index in [9.17, 15) is 9.59 Å². The Balaban J connectivity index is 1.89. The molecule has 102 valence electrons. The van der Waals surface area contributed by atoms with E-state index in [2.05, 4.69) is 5.32 Å². The number of aliphatic carboxylic acids is 1. The standard InChI is InChI=1S/C15H19NO3/c1-10(8-15(18)19)12-4-6-13(7-5-12)16-14(17)9-11-2-3-11/h4-7,10-11H,2-3,8-9H2,1H3,(H,16,17)(H,18,19). The van der Waals surface area contributed by atoms with Gasteiger partial charge in [0.15, 0.2) is 0 Å². The summed E-state index contributed by atoms with van der Waals surface area (Å²) in [6, 6.07) is 7.41. The molecule has 2 rings (SSSR count). The van der Waals surface area contributed by atoms with Crippen LogP contribution >= 0.6 is 0 Å². The van der Waals surface area contributed by atoms with Crippen LogP contribution in [0.5, 0.6) is 0 Å². The van der Waals surface area contributed by atoms with Crippen molar-refractivity contribution < 1.29 is 14.7 Å².